The van der Waals surface area contributed by atoms with Crippen LogP contribution in [0.15, 0.2) is 48.5 Å². The molecular weight excluding hydrogens is 345 g/mol. The summed E-state index contributed by atoms with van der Waals surface area (Å²) >= 11 is 5.88. The molecule has 0 aliphatic rings. The van der Waals surface area contributed by atoms with Gasteiger partial charge in [-0.25, -0.2) is 4.39 Å². The van der Waals surface area contributed by atoms with E-state index in [4.69, 9.17) is 11.6 Å². The number of carbonyl (C=O) groups excluding carboxylic acids is 2. The van der Waals surface area contributed by atoms with E-state index in [9.17, 15) is 14.0 Å². The molecule has 0 radical (unpaired) electrons. The Kier molecular flexibility index (Phi) is 6.95. The Morgan fingerprint density at radius 2 is 1.64 bits per heavy atom. The molecule has 2 aromatic carbocycles. The Balaban J connectivity index is 2.08. The first-order valence-corrected chi connectivity index (χ1v) is 8.19. The first-order valence-electron chi connectivity index (χ1n) is 7.81. The summed E-state index contributed by atoms with van der Waals surface area (Å²) in [7, 11) is 1.31. The van der Waals surface area contributed by atoms with Crippen molar-refractivity contribution in [3.05, 3.63) is 70.5 Å². The number of nitrogens with zero attached hydrogens (tertiary/aromatic N) is 1. The van der Waals surface area contributed by atoms with E-state index in [1.807, 2.05) is 12.1 Å². The van der Waals surface area contributed by atoms with E-state index in [2.05, 4.69) is 4.74 Å². The number of rotatable bonds is 7. The zero-order chi connectivity index (χ0) is 18.2. The van der Waals surface area contributed by atoms with Crippen LogP contribution in [0.5, 0.6) is 0 Å². The van der Waals surface area contributed by atoms with Gasteiger partial charge in [0, 0.05) is 18.1 Å². The van der Waals surface area contributed by atoms with Gasteiger partial charge in [-0.05, 0) is 35.4 Å². The third-order valence-electron chi connectivity index (χ3n) is 3.72. The normalized spacial score (nSPS) is 10.4. The van der Waals surface area contributed by atoms with Crippen LogP contribution in [0, 0.1) is 5.82 Å². The number of esters is 1. The number of methoxy groups -OCH3 is 1. The third-order valence-corrected chi connectivity index (χ3v) is 3.97. The van der Waals surface area contributed by atoms with Crippen molar-refractivity contribution in [2.75, 3.05) is 13.7 Å². The minimum atomic E-state index is -0.379. The van der Waals surface area contributed by atoms with E-state index < -0.39 is 0 Å². The summed E-state index contributed by atoms with van der Waals surface area (Å²) in [5.74, 6) is -0.874. The fraction of sp³-hybridized carbons (Fsp3) is 0.263. The highest BCUT2D eigenvalue weighted by Gasteiger charge is 2.16. The lowest BCUT2D eigenvalue weighted by molar-refractivity contribution is -0.141. The predicted molar refractivity (Wildman–Crippen MR) is 93.6 cm³/mol. The van der Waals surface area contributed by atoms with Gasteiger partial charge in [0.15, 0.2) is 0 Å². The summed E-state index contributed by atoms with van der Waals surface area (Å²) in [4.78, 5) is 25.6. The van der Waals surface area contributed by atoms with Crippen LogP contribution < -0.4 is 0 Å². The van der Waals surface area contributed by atoms with E-state index in [1.54, 1.807) is 29.2 Å². The molecule has 0 fully saturated rings. The Bertz CT molecular complexity index is 716. The molecule has 0 aliphatic carbocycles. The monoisotopic (exact) mass is 363 g/mol. The average Bonchev–Trinajstić information content (AvgIpc) is 2.61. The second kappa shape index (κ2) is 9.18. The Hall–Kier alpha value is -2.40. The van der Waals surface area contributed by atoms with Crippen LogP contribution in [-0.4, -0.2) is 30.4 Å². The van der Waals surface area contributed by atoms with Crippen molar-refractivity contribution in [1.82, 2.24) is 4.90 Å². The van der Waals surface area contributed by atoms with Crippen molar-refractivity contribution in [2.45, 2.75) is 19.4 Å². The Morgan fingerprint density at radius 1 is 1.04 bits per heavy atom. The number of ether oxygens (including phenoxy) is 1. The fourth-order valence-corrected chi connectivity index (χ4v) is 2.45. The molecule has 0 heterocycles. The number of hydrogen-bond acceptors (Lipinski definition) is 3. The van der Waals surface area contributed by atoms with Crippen LogP contribution in [0.4, 0.5) is 4.39 Å². The molecule has 6 heteroatoms. The van der Waals surface area contributed by atoms with Crippen LogP contribution in [0.3, 0.4) is 0 Å². The highest BCUT2D eigenvalue weighted by Crippen LogP contribution is 2.13. The summed E-state index contributed by atoms with van der Waals surface area (Å²) in [5.41, 5.74) is 1.62. The maximum absolute atomic E-state index is 13.0. The molecule has 0 aliphatic heterocycles. The SMILES string of the molecule is COC(=O)CCN(Cc1ccc(Cl)cc1)C(=O)Cc1ccc(F)cc1. The molecule has 0 atom stereocenters. The smallest absolute Gasteiger partial charge is 0.307 e. The predicted octanol–water partition coefficient (Wildman–Crippen LogP) is 3.61. The van der Waals surface area contributed by atoms with Crippen LogP contribution in [0.1, 0.15) is 17.5 Å². The number of amides is 1. The first-order chi connectivity index (χ1) is 12.0. The van der Waals surface area contributed by atoms with Crippen LogP contribution in [0.2, 0.25) is 5.02 Å². The zero-order valence-electron chi connectivity index (χ0n) is 13.9. The lowest BCUT2D eigenvalue weighted by atomic mass is 10.1. The highest BCUT2D eigenvalue weighted by molar-refractivity contribution is 6.30. The molecule has 2 aromatic rings. The molecule has 2 rings (SSSR count). The van der Waals surface area contributed by atoms with Gasteiger partial charge in [0.2, 0.25) is 5.91 Å². The third kappa shape index (κ3) is 6.19. The van der Waals surface area contributed by atoms with Gasteiger partial charge in [-0.1, -0.05) is 35.9 Å². The van der Waals surface area contributed by atoms with Gasteiger partial charge in [0.1, 0.15) is 5.82 Å². The maximum Gasteiger partial charge on any atom is 0.307 e. The molecule has 0 N–H and O–H groups in total. The van der Waals surface area contributed by atoms with Gasteiger partial charge < -0.3 is 9.64 Å². The molecule has 0 spiro atoms. The van der Waals surface area contributed by atoms with Gasteiger partial charge in [0.05, 0.1) is 20.0 Å². The quantitative estimate of drug-likeness (QED) is 0.706. The second-order valence-corrected chi connectivity index (χ2v) is 6.01. The van der Waals surface area contributed by atoms with Crippen molar-refractivity contribution < 1.29 is 18.7 Å². The zero-order valence-corrected chi connectivity index (χ0v) is 14.6. The number of benzene rings is 2. The number of carbonyl (C=O) groups is 2. The van der Waals surface area contributed by atoms with E-state index >= 15 is 0 Å². The van der Waals surface area contributed by atoms with Crippen molar-refractivity contribution >= 4 is 23.5 Å². The van der Waals surface area contributed by atoms with E-state index in [1.165, 1.54) is 19.2 Å². The largest absolute Gasteiger partial charge is 0.469 e. The van der Waals surface area contributed by atoms with Crippen molar-refractivity contribution in [3.8, 4) is 0 Å². The van der Waals surface area contributed by atoms with Gasteiger partial charge in [-0.15, -0.1) is 0 Å². The van der Waals surface area contributed by atoms with Gasteiger partial charge in [0.25, 0.3) is 0 Å². The summed E-state index contributed by atoms with van der Waals surface area (Å²) in [6, 6.07) is 13.0. The Morgan fingerprint density at radius 3 is 2.24 bits per heavy atom. The van der Waals surface area contributed by atoms with Crippen LogP contribution in [0.25, 0.3) is 0 Å². The molecule has 0 saturated carbocycles. The standard InChI is InChI=1S/C19H19ClFNO3/c1-25-19(24)10-11-22(13-15-2-6-16(20)7-3-15)18(23)12-14-4-8-17(21)9-5-14/h2-9H,10-13H2,1H3. The molecule has 1 amide bonds. The van der Waals surface area contributed by atoms with Crippen LogP contribution in [-0.2, 0) is 27.3 Å². The van der Waals surface area contributed by atoms with Crippen LogP contribution >= 0.6 is 11.6 Å². The summed E-state index contributed by atoms with van der Waals surface area (Å²) in [6.45, 7) is 0.601. The molecule has 0 aromatic heterocycles. The van der Waals surface area contributed by atoms with Gasteiger partial charge in [-0.3, -0.25) is 9.59 Å². The minimum Gasteiger partial charge on any atom is -0.469 e. The van der Waals surface area contributed by atoms with Crippen molar-refractivity contribution in [3.63, 3.8) is 0 Å². The first kappa shape index (κ1) is 18.9. The Labute approximate surface area is 151 Å². The lowest BCUT2D eigenvalue weighted by Gasteiger charge is -2.22. The number of halogens is 2. The summed E-state index contributed by atoms with van der Waals surface area (Å²) in [6.07, 6.45) is 0.244. The molecule has 132 valence electrons. The number of hydrogen-bond donors (Lipinski definition) is 0. The average molecular weight is 364 g/mol. The van der Waals surface area contributed by atoms with Crippen molar-refractivity contribution in [1.29, 1.82) is 0 Å². The van der Waals surface area contributed by atoms with E-state index in [0.717, 1.165) is 5.56 Å². The lowest BCUT2D eigenvalue weighted by Crippen LogP contribution is -2.34. The van der Waals surface area contributed by atoms with Gasteiger partial charge >= 0.3 is 5.97 Å². The van der Waals surface area contributed by atoms with Gasteiger partial charge in [-0.2, -0.15) is 0 Å². The van der Waals surface area contributed by atoms with Crippen molar-refractivity contribution in [2.24, 2.45) is 0 Å². The molecule has 25 heavy (non-hydrogen) atoms. The maximum atomic E-state index is 13.0. The molecule has 4 nitrogen and oxygen atoms in total. The van der Waals surface area contributed by atoms with E-state index in [-0.39, 0.29) is 37.1 Å². The topological polar surface area (TPSA) is 46.6 Å². The minimum absolute atomic E-state index is 0.110. The molecule has 0 bridgehead atoms. The second-order valence-electron chi connectivity index (χ2n) is 5.57. The molecular formula is C19H19ClFNO3. The summed E-state index contributed by atoms with van der Waals surface area (Å²) in [5, 5.41) is 0.613. The summed E-state index contributed by atoms with van der Waals surface area (Å²) < 4.78 is 17.6. The fourth-order valence-electron chi connectivity index (χ4n) is 2.32. The molecule has 0 unspecified atom stereocenters. The highest BCUT2D eigenvalue weighted by atomic mass is 35.5. The van der Waals surface area contributed by atoms with E-state index in [0.29, 0.717) is 17.1 Å². The molecule has 0 saturated heterocycles.